The van der Waals surface area contributed by atoms with Crippen molar-refractivity contribution in [3.05, 3.63) is 64.9 Å². The average Bonchev–Trinajstić information content (AvgIpc) is 2.66. The van der Waals surface area contributed by atoms with Crippen molar-refractivity contribution in [1.29, 1.82) is 0 Å². The van der Waals surface area contributed by atoms with E-state index >= 15 is 0 Å². The van der Waals surface area contributed by atoms with Crippen molar-refractivity contribution in [2.45, 2.75) is 31.1 Å². The van der Waals surface area contributed by atoms with Crippen LogP contribution in [0.3, 0.4) is 0 Å². The first kappa shape index (κ1) is 20.1. The summed E-state index contributed by atoms with van der Waals surface area (Å²) in [5, 5.41) is 5.19. The Balaban J connectivity index is 1.79. The van der Waals surface area contributed by atoms with Gasteiger partial charge in [0, 0.05) is 17.4 Å². The van der Waals surface area contributed by atoms with Gasteiger partial charge in [-0.1, -0.05) is 23.7 Å². The van der Waals surface area contributed by atoms with E-state index in [-0.39, 0.29) is 12.8 Å². The summed E-state index contributed by atoms with van der Waals surface area (Å²) < 4.78 is 38.4. The Hall–Kier alpha value is -2.61. The van der Waals surface area contributed by atoms with Crippen molar-refractivity contribution >= 4 is 23.4 Å². The predicted octanol–water partition coefficient (Wildman–Crippen LogP) is 3.40. The molecule has 0 saturated carbocycles. The summed E-state index contributed by atoms with van der Waals surface area (Å²) in [5.41, 5.74) is 1.43. The highest BCUT2D eigenvalue weighted by atomic mass is 35.5. The van der Waals surface area contributed by atoms with Crippen LogP contribution in [0, 0.1) is 5.92 Å². The summed E-state index contributed by atoms with van der Waals surface area (Å²) >= 11 is 5.92. The normalized spacial score (nSPS) is 20.9. The van der Waals surface area contributed by atoms with Crippen molar-refractivity contribution < 1.29 is 22.8 Å². The molecule has 1 aromatic carbocycles. The molecule has 1 aromatic heterocycles. The third-order valence-electron chi connectivity index (χ3n) is 4.62. The Morgan fingerprint density at radius 2 is 1.71 bits per heavy atom. The maximum absolute atomic E-state index is 12.8. The van der Waals surface area contributed by atoms with Crippen LogP contribution < -0.4 is 10.6 Å². The van der Waals surface area contributed by atoms with E-state index in [1.807, 2.05) is 5.32 Å². The van der Waals surface area contributed by atoms with Gasteiger partial charge in [0.1, 0.15) is 12.0 Å². The second-order valence-corrected chi connectivity index (χ2v) is 6.94. The quantitative estimate of drug-likeness (QED) is 0.757. The van der Waals surface area contributed by atoms with Crippen LogP contribution in [0.1, 0.15) is 30.0 Å². The third kappa shape index (κ3) is 4.62. The molecule has 9 heteroatoms. The number of nitrogens with one attached hydrogen (secondary N) is 2. The number of aromatic nitrogens is 1. The lowest BCUT2D eigenvalue weighted by molar-refractivity contribution is -0.171. The standard InChI is InChI=1S/C19H17ClF3N3O2/c20-13-3-1-11(2-4-13)16(12-7-9-24-10-8-12)26-18(28)14-5-6-15(19(21,22)23)25-17(14)27/h1-4,7-10,14-16H,5-6H2,(H,25,27)(H,26,28). The molecule has 1 aliphatic rings. The van der Waals surface area contributed by atoms with Crippen molar-refractivity contribution in [1.82, 2.24) is 15.6 Å². The fourth-order valence-corrected chi connectivity index (χ4v) is 3.24. The number of hydrogen-bond acceptors (Lipinski definition) is 3. The average molecular weight is 412 g/mol. The van der Waals surface area contributed by atoms with Gasteiger partial charge in [0.25, 0.3) is 0 Å². The smallest absolute Gasteiger partial charge is 0.344 e. The van der Waals surface area contributed by atoms with E-state index in [1.54, 1.807) is 48.8 Å². The first-order valence-electron chi connectivity index (χ1n) is 8.58. The highest BCUT2D eigenvalue weighted by Gasteiger charge is 2.46. The van der Waals surface area contributed by atoms with Crippen LogP contribution in [0.4, 0.5) is 13.2 Å². The maximum atomic E-state index is 12.8. The molecule has 2 aromatic rings. The zero-order chi connectivity index (χ0) is 20.3. The van der Waals surface area contributed by atoms with Gasteiger partial charge in [0.15, 0.2) is 0 Å². The van der Waals surface area contributed by atoms with Gasteiger partial charge in [-0.25, -0.2) is 0 Å². The summed E-state index contributed by atoms with van der Waals surface area (Å²) in [7, 11) is 0. The van der Waals surface area contributed by atoms with Gasteiger partial charge < -0.3 is 10.6 Å². The van der Waals surface area contributed by atoms with E-state index in [4.69, 9.17) is 11.6 Å². The van der Waals surface area contributed by atoms with Gasteiger partial charge in [0.05, 0.1) is 6.04 Å². The second kappa shape index (κ2) is 8.18. The molecule has 0 spiro atoms. The summed E-state index contributed by atoms with van der Waals surface area (Å²) in [6.07, 6.45) is -1.92. The molecule has 3 unspecified atom stereocenters. The minimum absolute atomic E-state index is 0.175. The number of piperidine rings is 1. The molecular formula is C19H17ClF3N3O2. The number of amides is 2. The van der Waals surface area contributed by atoms with Crippen molar-refractivity contribution in [3.63, 3.8) is 0 Å². The highest BCUT2D eigenvalue weighted by molar-refractivity contribution is 6.30. The Morgan fingerprint density at radius 1 is 1.11 bits per heavy atom. The molecule has 2 heterocycles. The maximum Gasteiger partial charge on any atom is 0.408 e. The minimum Gasteiger partial charge on any atom is -0.344 e. The van der Waals surface area contributed by atoms with Crippen molar-refractivity contribution in [2.24, 2.45) is 5.92 Å². The third-order valence-corrected chi connectivity index (χ3v) is 4.87. The number of hydrogen-bond donors (Lipinski definition) is 2. The molecule has 2 N–H and O–H groups in total. The first-order valence-corrected chi connectivity index (χ1v) is 8.96. The number of nitrogens with zero attached hydrogens (tertiary/aromatic N) is 1. The number of carbonyl (C=O) groups excluding carboxylic acids is 2. The molecule has 148 valence electrons. The van der Waals surface area contributed by atoms with E-state index in [9.17, 15) is 22.8 Å². The zero-order valence-corrected chi connectivity index (χ0v) is 15.3. The molecule has 1 aliphatic heterocycles. The van der Waals surface area contributed by atoms with E-state index in [1.165, 1.54) is 0 Å². The molecule has 5 nitrogen and oxygen atoms in total. The van der Waals surface area contributed by atoms with Crippen LogP contribution in [0.5, 0.6) is 0 Å². The van der Waals surface area contributed by atoms with Crippen LogP contribution in [0.2, 0.25) is 5.02 Å². The monoisotopic (exact) mass is 411 g/mol. The van der Waals surface area contributed by atoms with Gasteiger partial charge >= 0.3 is 6.18 Å². The molecule has 1 saturated heterocycles. The molecule has 1 fully saturated rings. The van der Waals surface area contributed by atoms with E-state index in [0.29, 0.717) is 10.6 Å². The molecule has 0 aliphatic carbocycles. The second-order valence-electron chi connectivity index (χ2n) is 6.51. The fourth-order valence-electron chi connectivity index (χ4n) is 3.12. The van der Waals surface area contributed by atoms with Crippen LogP contribution in [0.25, 0.3) is 0 Å². The first-order chi connectivity index (χ1) is 13.3. The topological polar surface area (TPSA) is 71.1 Å². The van der Waals surface area contributed by atoms with Crippen LogP contribution in [0.15, 0.2) is 48.8 Å². The van der Waals surface area contributed by atoms with E-state index in [2.05, 4.69) is 10.3 Å². The van der Waals surface area contributed by atoms with Crippen molar-refractivity contribution in [2.75, 3.05) is 0 Å². The molecule has 3 atom stereocenters. The van der Waals surface area contributed by atoms with Gasteiger partial charge in [-0.05, 0) is 48.2 Å². The molecule has 0 bridgehead atoms. The van der Waals surface area contributed by atoms with Gasteiger partial charge in [-0.2, -0.15) is 13.2 Å². The number of benzene rings is 1. The Labute approximate surface area is 164 Å². The lowest BCUT2D eigenvalue weighted by atomic mass is 9.91. The lowest BCUT2D eigenvalue weighted by Gasteiger charge is -2.31. The Bertz CT molecular complexity index is 844. The summed E-state index contributed by atoms with van der Waals surface area (Å²) in [6, 6.07) is 7.69. The molecule has 2 amide bonds. The number of rotatable bonds is 4. The number of carbonyl (C=O) groups is 2. The lowest BCUT2D eigenvalue weighted by Crippen LogP contribution is -2.54. The molecule has 0 radical (unpaired) electrons. The Kier molecular flexibility index (Phi) is 5.88. The Morgan fingerprint density at radius 3 is 2.29 bits per heavy atom. The largest absolute Gasteiger partial charge is 0.408 e. The number of pyridine rings is 1. The summed E-state index contributed by atoms with van der Waals surface area (Å²) in [6.45, 7) is 0. The van der Waals surface area contributed by atoms with Crippen LogP contribution in [-0.2, 0) is 9.59 Å². The van der Waals surface area contributed by atoms with Gasteiger partial charge in [-0.3, -0.25) is 14.6 Å². The number of halogens is 4. The SMILES string of the molecule is O=C(NC(c1ccncc1)c1ccc(Cl)cc1)C1CCC(C(F)(F)F)NC1=O. The minimum atomic E-state index is -4.53. The van der Waals surface area contributed by atoms with Crippen LogP contribution in [-0.4, -0.2) is 29.0 Å². The summed E-state index contributed by atoms with van der Waals surface area (Å²) in [5.74, 6) is -2.74. The number of alkyl halides is 3. The molecule has 28 heavy (non-hydrogen) atoms. The molecule has 3 rings (SSSR count). The fraction of sp³-hybridized carbons (Fsp3) is 0.316. The van der Waals surface area contributed by atoms with E-state index < -0.39 is 36.0 Å². The van der Waals surface area contributed by atoms with E-state index in [0.717, 1.165) is 5.56 Å². The van der Waals surface area contributed by atoms with Crippen molar-refractivity contribution in [3.8, 4) is 0 Å². The summed E-state index contributed by atoms with van der Waals surface area (Å²) in [4.78, 5) is 28.7. The zero-order valence-electron chi connectivity index (χ0n) is 14.5. The molecular weight excluding hydrogens is 395 g/mol. The predicted molar refractivity (Wildman–Crippen MR) is 96.4 cm³/mol. The van der Waals surface area contributed by atoms with Crippen LogP contribution >= 0.6 is 11.6 Å². The van der Waals surface area contributed by atoms with Gasteiger partial charge in [0.2, 0.25) is 11.8 Å². The highest BCUT2D eigenvalue weighted by Crippen LogP contribution is 2.29. The van der Waals surface area contributed by atoms with Gasteiger partial charge in [-0.15, -0.1) is 0 Å².